The van der Waals surface area contributed by atoms with Crippen LogP contribution in [0, 0.1) is 6.92 Å². The molecule has 2 amide bonds. The fourth-order valence-electron chi connectivity index (χ4n) is 2.29. The fourth-order valence-corrected chi connectivity index (χ4v) is 2.81. The van der Waals surface area contributed by atoms with Crippen LogP contribution in [0.25, 0.3) is 0 Å². The van der Waals surface area contributed by atoms with Gasteiger partial charge in [-0.1, -0.05) is 47.0 Å². The summed E-state index contributed by atoms with van der Waals surface area (Å²) in [6.07, 6.45) is 3.29. The van der Waals surface area contributed by atoms with E-state index >= 15 is 0 Å². The first-order chi connectivity index (χ1) is 12.0. The molecule has 0 aliphatic carbocycles. The van der Waals surface area contributed by atoms with Crippen LogP contribution in [0.5, 0.6) is 0 Å². The number of benzene rings is 2. The maximum Gasteiger partial charge on any atom is 0.323 e. The quantitative estimate of drug-likeness (QED) is 0.659. The summed E-state index contributed by atoms with van der Waals surface area (Å²) >= 11 is 12.3. The van der Waals surface area contributed by atoms with Crippen molar-refractivity contribution in [2.75, 3.05) is 10.6 Å². The largest absolute Gasteiger partial charge is 0.323 e. The van der Waals surface area contributed by atoms with E-state index in [1.165, 1.54) is 0 Å². The molecule has 0 aliphatic heterocycles. The lowest BCUT2D eigenvalue weighted by molar-refractivity contribution is 0.262. The molecule has 2 N–H and O–H groups in total. The molecule has 0 saturated heterocycles. The number of nitrogens with zero attached hydrogens (tertiary/aromatic N) is 2. The van der Waals surface area contributed by atoms with Crippen LogP contribution in [0.3, 0.4) is 0 Å². The van der Waals surface area contributed by atoms with Crippen molar-refractivity contribution in [3.8, 4) is 0 Å². The SMILES string of the molecule is Cc1ccc(NC(=O)Nc2cnn(Cc3c(Cl)cccc3Cl)c2)cc1. The van der Waals surface area contributed by atoms with Gasteiger partial charge in [0.25, 0.3) is 0 Å². The summed E-state index contributed by atoms with van der Waals surface area (Å²) < 4.78 is 1.66. The molecule has 3 aromatic rings. The highest BCUT2D eigenvalue weighted by molar-refractivity contribution is 6.35. The zero-order valence-corrected chi connectivity index (χ0v) is 15.0. The van der Waals surface area contributed by atoms with E-state index in [4.69, 9.17) is 23.2 Å². The number of carbonyl (C=O) groups is 1. The molecule has 3 rings (SSSR count). The molecular formula is C18H16Cl2N4O. The Bertz CT molecular complexity index is 870. The number of carbonyl (C=O) groups excluding carboxylic acids is 1. The van der Waals surface area contributed by atoms with Crippen molar-refractivity contribution in [1.82, 2.24) is 9.78 Å². The summed E-state index contributed by atoms with van der Waals surface area (Å²) in [7, 11) is 0. The Morgan fingerprint density at radius 3 is 2.36 bits per heavy atom. The van der Waals surface area contributed by atoms with Crippen LogP contribution < -0.4 is 10.6 Å². The number of halogens is 2. The minimum Gasteiger partial charge on any atom is -0.308 e. The molecule has 0 saturated carbocycles. The van der Waals surface area contributed by atoms with Gasteiger partial charge in [-0.3, -0.25) is 4.68 Å². The molecule has 0 aliphatic rings. The molecule has 0 bridgehead atoms. The third-order valence-corrected chi connectivity index (χ3v) is 4.29. The van der Waals surface area contributed by atoms with Crippen LogP contribution in [-0.2, 0) is 6.54 Å². The van der Waals surface area contributed by atoms with Crippen LogP contribution in [0.2, 0.25) is 10.0 Å². The zero-order valence-electron chi connectivity index (χ0n) is 13.5. The van der Waals surface area contributed by atoms with Crippen molar-refractivity contribution >= 4 is 40.6 Å². The Morgan fingerprint density at radius 2 is 1.68 bits per heavy atom. The highest BCUT2D eigenvalue weighted by atomic mass is 35.5. The molecule has 5 nitrogen and oxygen atoms in total. The monoisotopic (exact) mass is 374 g/mol. The van der Waals surface area contributed by atoms with Gasteiger partial charge in [-0.25, -0.2) is 4.79 Å². The second kappa shape index (κ2) is 7.59. The van der Waals surface area contributed by atoms with Crippen LogP contribution in [0.1, 0.15) is 11.1 Å². The molecule has 2 aromatic carbocycles. The minimum absolute atomic E-state index is 0.334. The smallest absolute Gasteiger partial charge is 0.308 e. The highest BCUT2D eigenvalue weighted by Crippen LogP contribution is 2.25. The molecule has 1 heterocycles. The van der Waals surface area contributed by atoms with E-state index in [9.17, 15) is 4.79 Å². The Hall–Kier alpha value is -2.50. The van der Waals surface area contributed by atoms with E-state index in [1.54, 1.807) is 35.3 Å². The molecule has 128 valence electrons. The van der Waals surface area contributed by atoms with Crippen molar-refractivity contribution in [3.05, 3.63) is 76.0 Å². The maximum absolute atomic E-state index is 12.0. The van der Waals surface area contributed by atoms with E-state index < -0.39 is 0 Å². The van der Waals surface area contributed by atoms with Crippen molar-refractivity contribution < 1.29 is 4.79 Å². The van der Waals surface area contributed by atoms with Crippen molar-refractivity contribution in [2.45, 2.75) is 13.5 Å². The van der Waals surface area contributed by atoms with E-state index in [-0.39, 0.29) is 6.03 Å². The van der Waals surface area contributed by atoms with Gasteiger partial charge in [-0.2, -0.15) is 5.10 Å². The summed E-state index contributed by atoms with van der Waals surface area (Å²) in [5.41, 5.74) is 3.21. The Morgan fingerprint density at radius 1 is 1.04 bits per heavy atom. The molecule has 0 unspecified atom stereocenters. The number of rotatable bonds is 4. The lowest BCUT2D eigenvalue weighted by Crippen LogP contribution is -2.19. The number of nitrogens with one attached hydrogen (secondary N) is 2. The second-order valence-corrected chi connectivity index (χ2v) is 6.39. The average molecular weight is 375 g/mol. The van der Waals surface area contributed by atoms with Gasteiger partial charge in [0.2, 0.25) is 0 Å². The maximum atomic E-state index is 12.0. The number of amides is 2. The van der Waals surface area contributed by atoms with Gasteiger partial charge in [0.15, 0.2) is 0 Å². The number of aryl methyl sites for hydroxylation is 1. The first kappa shape index (κ1) is 17.3. The summed E-state index contributed by atoms with van der Waals surface area (Å²) in [5, 5.41) is 10.9. The average Bonchev–Trinajstić information content (AvgIpc) is 3.00. The van der Waals surface area contributed by atoms with E-state index in [2.05, 4.69) is 15.7 Å². The fraction of sp³-hybridized carbons (Fsp3) is 0.111. The van der Waals surface area contributed by atoms with Gasteiger partial charge in [-0.05, 0) is 31.2 Å². The zero-order chi connectivity index (χ0) is 17.8. The Labute approximate surface area is 155 Å². The van der Waals surface area contributed by atoms with Gasteiger partial charge in [0, 0.05) is 27.5 Å². The number of anilines is 2. The Balaban J connectivity index is 1.63. The molecule has 1 aromatic heterocycles. The summed E-state index contributed by atoms with van der Waals surface area (Å²) in [4.78, 5) is 12.0. The van der Waals surface area contributed by atoms with Crippen molar-refractivity contribution in [2.24, 2.45) is 0 Å². The normalized spacial score (nSPS) is 10.5. The molecule has 7 heteroatoms. The standard InChI is InChI=1S/C18H16Cl2N4O/c1-12-5-7-13(8-6-12)22-18(25)23-14-9-21-24(10-14)11-15-16(19)3-2-4-17(15)20/h2-10H,11H2,1H3,(H2,22,23,25). The molecule has 0 fully saturated rings. The van der Waals surface area contributed by atoms with Crippen LogP contribution in [0.15, 0.2) is 54.9 Å². The first-order valence-corrected chi connectivity index (χ1v) is 8.37. The molecular weight excluding hydrogens is 359 g/mol. The van der Waals surface area contributed by atoms with Crippen LogP contribution in [0.4, 0.5) is 16.2 Å². The van der Waals surface area contributed by atoms with Gasteiger partial charge in [0.1, 0.15) is 0 Å². The van der Waals surface area contributed by atoms with E-state index in [0.29, 0.717) is 22.3 Å². The summed E-state index contributed by atoms with van der Waals surface area (Å²) in [6.45, 7) is 2.41. The predicted molar refractivity (Wildman–Crippen MR) is 102 cm³/mol. The number of urea groups is 1. The van der Waals surface area contributed by atoms with Gasteiger partial charge >= 0.3 is 6.03 Å². The van der Waals surface area contributed by atoms with Gasteiger partial charge < -0.3 is 10.6 Å². The minimum atomic E-state index is -0.334. The topological polar surface area (TPSA) is 59.0 Å². The number of aromatic nitrogens is 2. The molecule has 0 atom stereocenters. The van der Waals surface area contributed by atoms with Crippen LogP contribution in [-0.4, -0.2) is 15.8 Å². The van der Waals surface area contributed by atoms with Crippen molar-refractivity contribution in [1.29, 1.82) is 0 Å². The van der Waals surface area contributed by atoms with E-state index in [1.807, 2.05) is 31.2 Å². The van der Waals surface area contributed by atoms with E-state index in [0.717, 1.165) is 16.8 Å². The van der Waals surface area contributed by atoms with Gasteiger partial charge in [-0.15, -0.1) is 0 Å². The van der Waals surface area contributed by atoms with Crippen LogP contribution >= 0.6 is 23.2 Å². The number of hydrogen-bond acceptors (Lipinski definition) is 2. The lowest BCUT2D eigenvalue weighted by atomic mass is 10.2. The Kier molecular flexibility index (Phi) is 5.26. The molecule has 25 heavy (non-hydrogen) atoms. The van der Waals surface area contributed by atoms with Gasteiger partial charge in [0.05, 0.1) is 18.4 Å². The third-order valence-electron chi connectivity index (χ3n) is 3.58. The third kappa shape index (κ3) is 4.53. The summed E-state index contributed by atoms with van der Waals surface area (Å²) in [5.74, 6) is 0. The first-order valence-electron chi connectivity index (χ1n) is 7.61. The molecule has 0 radical (unpaired) electrons. The lowest BCUT2D eigenvalue weighted by Gasteiger charge is -2.07. The second-order valence-electron chi connectivity index (χ2n) is 5.57. The summed E-state index contributed by atoms with van der Waals surface area (Å²) in [6, 6.07) is 12.6. The van der Waals surface area contributed by atoms with Crippen molar-refractivity contribution in [3.63, 3.8) is 0 Å². The number of hydrogen-bond donors (Lipinski definition) is 2. The predicted octanol–water partition coefficient (Wildman–Crippen LogP) is 5.19. The molecule has 0 spiro atoms. The highest BCUT2D eigenvalue weighted by Gasteiger charge is 2.09.